The van der Waals surface area contributed by atoms with Crippen LogP contribution in [0.5, 0.6) is 0 Å². The molecule has 0 aromatic carbocycles. The molecule has 4 heteroatoms. The minimum absolute atomic E-state index is 0.255. The summed E-state index contributed by atoms with van der Waals surface area (Å²) in [5.74, 6) is 0.815. The second-order valence-electron chi connectivity index (χ2n) is 4.47. The van der Waals surface area contributed by atoms with Gasteiger partial charge in [0, 0.05) is 13.5 Å². The topological polar surface area (TPSA) is 38.8 Å². The Balaban J connectivity index is 2.12. The van der Waals surface area contributed by atoms with Crippen molar-refractivity contribution in [1.29, 1.82) is 0 Å². The Bertz CT molecular complexity index is 323. The van der Waals surface area contributed by atoms with Crippen LogP contribution in [0.1, 0.15) is 33.1 Å². The van der Waals surface area contributed by atoms with E-state index in [4.69, 9.17) is 9.57 Å². The van der Waals surface area contributed by atoms with Gasteiger partial charge in [-0.05, 0) is 25.8 Å². The van der Waals surface area contributed by atoms with Crippen LogP contribution in [-0.4, -0.2) is 37.7 Å². The van der Waals surface area contributed by atoms with E-state index >= 15 is 0 Å². The molecule has 1 atom stereocenters. The van der Waals surface area contributed by atoms with Crippen LogP contribution in [0.2, 0.25) is 0 Å². The number of allylic oxidation sites excluding steroid dienone is 1. The van der Waals surface area contributed by atoms with Crippen LogP contribution in [0.15, 0.2) is 23.5 Å². The van der Waals surface area contributed by atoms with Crippen LogP contribution >= 0.6 is 0 Å². The van der Waals surface area contributed by atoms with Crippen molar-refractivity contribution in [3.8, 4) is 0 Å². The molecule has 1 unspecified atom stereocenters. The highest BCUT2D eigenvalue weighted by Gasteiger charge is 2.22. The summed E-state index contributed by atoms with van der Waals surface area (Å²) in [4.78, 5) is 16.1. The van der Waals surface area contributed by atoms with Crippen molar-refractivity contribution in [2.45, 2.75) is 39.2 Å². The summed E-state index contributed by atoms with van der Waals surface area (Å²) in [7, 11) is 1.75. The predicted octanol–water partition coefficient (Wildman–Crippen LogP) is 2.47. The van der Waals surface area contributed by atoms with E-state index in [1.54, 1.807) is 12.1 Å². The zero-order valence-corrected chi connectivity index (χ0v) is 11.5. The lowest BCUT2D eigenvalue weighted by molar-refractivity contribution is -0.128. The number of hydrogen-bond acceptors (Lipinski definition) is 4. The van der Waals surface area contributed by atoms with Crippen LogP contribution in [0.4, 0.5) is 0 Å². The third-order valence-electron chi connectivity index (χ3n) is 2.86. The molecular formula is C14H23NO3. The second-order valence-corrected chi connectivity index (χ2v) is 4.47. The van der Waals surface area contributed by atoms with Crippen LogP contribution in [0.25, 0.3) is 0 Å². The summed E-state index contributed by atoms with van der Waals surface area (Å²) >= 11 is 0. The highest BCUT2D eigenvalue weighted by Crippen LogP contribution is 2.17. The number of carbonyl (C=O) groups excluding carboxylic acids is 1. The number of nitrogens with zero attached hydrogens (tertiary/aromatic N) is 1. The second kappa shape index (κ2) is 8.06. The maximum Gasteiger partial charge on any atom is 0.144 e. The van der Waals surface area contributed by atoms with E-state index < -0.39 is 0 Å². The monoisotopic (exact) mass is 253 g/mol. The molecule has 0 radical (unpaired) electrons. The average molecular weight is 253 g/mol. The smallest absolute Gasteiger partial charge is 0.144 e. The van der Waals surface area contributed by atoms with Crippen LogP contribution < -0.4 is 0 Å². The Morgan fingerprint density at radius 3 is 2.94 bits per heavy atom. The average Bonchev–Trinajstić information content (AvgIpc) is 2.69. The molecule has 1 heterocycles. The van der Waals surface area contributed by atoms with E-state index in [9.17, 15) is 4.79 Å². The zero-order chi connectivity index (χ0) is 13.4. The van der Waals surface area contributed by atoms with Crippen LogP contribution in [-0.2, 0) is 14.4 Å². The molecule has 0 saturated heterocycles. The van der Waals surface area contributed by atoms with Gasteiger partial charge in [0.2, 0.25) is 0 Å². The van der Waals surface area contributed by atoms with E-state index in [2.05, 4.69) is 19.9 Å². The molecule has 0 fully saturated rings. The lowest BCUT2D eigenvalue weighted by Gasteiger charge is -2.13. The molecular weight excluding hydrogens is 230 g/mol. The third kappa shape index (κ3) is 5.02. The summed E-state index contributed by atoms with van der Waals surface area (Å²) in [5, 5.41) is 1.55. The molecule has 1 aliphatic rings. The summed E-state index contributed by atoms with van der Waals surface area (Å²) in [6.45, 7) is 5.63. The molecule has 1 aliphatic heterocycles. The molecule has 0 aromatic heterocycles. The van der Waals surface area contributed by atoms with Gasteiger partial charge in [0.05, 0.1) is 13.2 Å². The van der Waals surface area contributed by atoms with Crippen molar-refractivity contribution in [1.82, 2.24) is 5.06 Å². The highest BCUT2D eigenvalue weighted by molar-refractivity contribution is 5.61. The lowest BCUT2D eigenvalue weighted by atomic mass is 10.2. The van der Waals surface area contributed by atoms with Crippen LogP contribution in [0, 0.1) is 0 Å². The fraction of sp³-hybridized carbons (Fsp3) is 0.643. The summed E-state index contributed by atoms with van der Waals surface area (Å²) in [6, 6.07) is -0.255. The first-order chi connectivity index (χ1) is 8.67. The van der Waals surface area contributed by atoms with Gasteiger partial charge in [0.25, 0.3) is 0 Å². The molecule has 0 aromatic rings. The van der Waals surface area contributed by atoms with Gasteiger partial charge in [-0.1, -0.05) is 18.6 Å². The summed E-state index contributed by atoms with van der Waals surface area (Å²) in [5.41, 5.74) is 1.37. The molecule has 0 amide bonds. The van der Waals surface area contributed by atoms with Gasteiger partial charge in [-0.2, -0.15) is 0 Å². The number of hydroxylamine groups is 2. The van der Waals surface area contributed by atoms with E-state index in [1.807, 2.05) is 6.08 Å². The minimum atomic E-state index is -0.255. The minimum Gasteiger partial charge on any atom is -0.410 e. The number of ether oxygens (including phenoxy) is 1. The number of hydrogen-bond donors (Lipinski definition) is 0. The van der Waals surface area contributed by atoms with E-state index in [1.165, 1.54) is 5.57 Å². The molecule has 102 valence electrons. The fourth-order valence-electron chi connectivity index (χ4n) is 1.78. The number of rotatable bonds is 8. The number of carbonyl (C=O) groups is 1. The van der Waals surface area contributed by atoms with Crippen molar-refractivity contribution in [2.75, 3.05) is 20.3 Å². The van der Waals surface area contributed by atoms with E-state index in [0.29, 0.717) is 13.0 Å². The van der Waals surface area contributed by atoms with Crippen molar-refractivity contribution >= 4 is 6.29 Å². The Morgan fingerprint density at radius 1 is 1.56 bits per heavy atom. The normalized spacial score (nSPS) is 20.7. The van der Waals surface area contributed by atoms with Gasteiger partial charge < -0.3 is 14.4 Å². The maximum atomic E-state index is 10.7. The van der Waals surface area contributed by atoms with Gasteiger partial charge in [-0.15, -0.1) is 5.06 Å². The van der Waals surface area contributed by atoms with Crippen molar-refractivity contribution in [2.24, 2.45) is 0 Å². The molecule has 0 spiro atoms. The molecule has 1 rings (SSSR count). The molecule has 0 aliphatic carbocycles. The first-order valence-electron chi connectivity index (χ1n) is 6.47. The SMILES string of the molecule is CC/C=C(\C)CCOCCC1=CC(C=O)N(C)O1. The Kier molecular flexibility index (Phi) is 6.68. The molecule has 0 saturated carbocycles. The van der Waals surface area contributed by atoms with Gasteiger partial charge in [0.15, 0.2) is 0 Å². The number of aldehydes is 1. The quantitative estimate of drug-likeness (QED) is 0.378. The number of likely N-dealkylation sites (N-methyl/N-ethyl adjacent to an activating group) is 1. The standard InChI is InChI=1S/C14H23NO3/c1-4-5-12(2)6-8-17-9-7-14-10-13(11-16)15(3)18-14/h5,10-11,13H,4,6-9H2,1-3H3/b12-5+. The lowest BCUT2D eigenvalue weighted by Crippen LogP contribution is -2.25. The van der Waals surface area contributed by atoms with E-state index in [-0.39, 0.29) is 6.04 Å². The molecule has 4 nitrogen and oxygen atoms in total. The van der Waals surface area contributed by atoms with Crippen molar-refractivity contribution < 1.29 is 14.4 Å². The fourth-order valence-corrected chi connectivity index (χ4v) is 1.78. The summed E-state index contributed by atoms with van der Waals surface area (Å²) in [6.07, 6.45) is 7.68. The Labute approximate surface area is 109 Å². The zero-order valence-electron chi connectivity index (χ0n) is 11.5. The van der Waals surface area contributed by atoms with Gasteiger partial charge >= 0.3 is 0 Å². The Hall–Kier alpha value is -1.13. The third-order valence-corrected chi connectivity index (χ3v) is 2.86. The highest BCUT2D eigenvalue weighted by atomic mass is 16.7. The van der Waals surface area contributed by atoms with Gasteiger partial charge in [-0.3, -0.25) is 0 Å². The maximum absolute atomic E-state index is 10.7. The van der Waals surface area contributed by atoms with Crippen molar-refractivity contribution in [3.63, 3.8) is 0 Å². The van der Waals surface area contributed by atoms with Crippen LogP contribution in [0.3, 0.4) is 0 Å². The Morgan fingerprint density at radius 2 is 2.33 bits per heavy atom. The van der Waals surface area contributed by atoms with Gasteiger partial charge in [0.1, 0.15) is 18.1 Å². The summed E-state index contributed by atoms with van der Waals surface area (Å²) < 4.78 is 5.55. The molecule has 0 N–H and O–H groups in total. The first kappa shape index (κ1) is 14.9. The van der Waals surface area contributed by atoms with Gasteiger partial charge in [-0.25, -0.2) is 0 Å². The molecule has 18 heavy (non-hydrogen) atoms. The predicted molar refractivity (Wildman–Crippen MR) is 70.9 cm³/mol. The first-order valence-corrected chi connectivity index (χ1v) is 6.47. The van der Waals surface area contributed by atoms with Crippen molar-refractivity contribution in [3.05, 3.63) is 23.5 Å². The largest absolute Gasteiger partial charge is 0.410 e. The molecule has 0 bridgehead atoms. The van der Waals surface area contributed by atoms with E-state index in [0.717, 1.165) is 31.5 Å².